The Morgan fingerprint density at radius 3 is 2.50 bits per heavy atom. The summed E-state index contributed by atoms with van der Waals surface area (Å²) in [4.78, 5) is 21.8. The number of carbonyl (C=O) groups is 1. The summed E-state index contributed by atoms with van der Waals surface area (Å²) in [7, 11) is 0. The van der Waals surface area contributed by atoms with Crippen molar-refractivity contribution in [1.29, 1.82) is 0 Å². The summed E-state index contributed by atoms with van der Waals surface area (Å²) in [6, 6.07) is 0.811. The summed E-state index contributed by atoms with van der Waals surface area (Å²) < 4.78 is 50.4. The number of halogens is 4. The van der Waals surface area contributed by atoms with Crippen LogP contribution in [0.1, 0.15) is 16.1 Å². The van der Waals surface area contributed by atoms with Gasteiger partial charge in [-0.25, -0.2) is 13.6 Å². The fourth-order valence-electron chi connectivity index (χ4n) is 1.30. The fourth-order valence-corrected chi connectivity index (χ4v) is 1.30. The maximum atomic E-state index is 12.8. The van der Waals surface area contributed by atoms with Gasteiger partial charge in [-0.2, -0.15) is 8.78 Å². The van der Waals surface area contributed by atoms with Gasteiger partial charge in [-0.15, -0.1) is 0 Å². The zero-order valence-corrected chi connectivity index (χ0v) is 9.16. The zero-order chi connectivity index (χ0) is 14.1. The van der Waals surface area contributed by atoms with E-state index in [1.807, 2.05) is 0 Å². The number of aromatic carboxylic acids is 1. The average molecular weight is 267 g/mol. The highest BCUT2D eigenvalue weighted by Gasteiger charge is 2.41. The van der Waals surface area contributed by atoms with Crippen molar-refractivity contribution >= 4 is 5.97 Å². The van der Waals surface area contributed by atoms with Crippen molar-refractivity contribution in [2.75, 3.05) is 0 Å². The van der Waals surface area contributed by atoms with Gasteiger partial charge in [0.2, 0.25) is 0 Å². The van der Waals surface area contributed by atoms with Gasteiger partial charge < -0.3 is 9.67 Å². The van der Waals surface area contributed by atoms with Crippen LogP contribution < -0.4 is 5.43 Å². The third-order valence-corrected chi connectivity index (χ3v) is 2.27. The predicted molar refractivity (Wildman–Crippen MR) is 53.3 cm³/mol. The first-order valence-corrected chi connectivity index (χ1v) is 4.75. The van der Waals surface area contributed by atoms with E-state index < -0.39 is 35.9 Å². The lowest BCUT2D eigenvalue weighted by atomic mass is 10.2. The Morgan fingerprint density at radius 1 is 1.50 bits per heavy atom. The average Bonchev–Trinajstić information content (AvgIpc) is 2.21. The third kappa shape index (κ3) is 2.88. The Labute approximate surface area is 98.5 Å². The largest absolute Gasteiger partial charge is 0.477 e. The number of nitrogens with zero attached hydrogens (tertiary/aromatic N) is 1. The van der Waals surface area contributed by atoms with E-state index in [9.17, 15) is 27.2 Å². The van der Waals surface area contributed by atoms with Crippen molar-refractivity contribution in [2.45, 2.75) is 25.8 Å². The van der Waals surface area contributed by atoms with Crippen LogP contribution in [0.4, 0.5) is 17.6 Å². The van der Waals surface area contributed by atoms with Crippen LogP contribution in [0.3, 0.4) is 0 Å². The molecule has 0 aliphatic carbocycles. The Balaban J connectivity index is 3.22. The van der Waals surface area contributed by atoms with Gasteiger partial charge in [0.05, 0.1) is 6.54 Å². The van der Waals surface area contributed by atoms with Crippen LogP contribution in [0, 0.1) is 6.92 Å². The molecule has 4 nitrogen and oxygen atoms in total. The van der Waals surface area contributed by atoms with Crippen molar-refractivity contribution in [3.63, 3.8) is 0 Å². The number of carboxylic acids is 1. The summed E-state index contributed by atoms with van der Waals surface area (Å²) in [6.07, 6.45) is -3.24. The van der Waals surface area contributed by atoms with Crippen LogP contribution in [0.5, 0.6) is 0 Å². The van der Waals surface area contributed by atoms with Crippen LogP contribution in [-0.4, -0.2) is 28.0 Å². The first kappa shape index (κ1) is 14.2. The minimum absolute atomic E-state index is 0.0228. The van der Waals surface area contributed by atoms with E-state index in [0.29, 0.717) is 10.8 Å². The number of hydrogen-bond donors (Lipinski definition) is 1. The second-order valence-corrected chi connectivity index (χ2v) is 3.69. The lowest BCUT2D eigenvalue weighted by molar-refractivity contribution is -0.138. The number of rotatable bonds is 4. The molecule has 0 aliphatic heterocycles. The predicted octanol–water partition coefficient (Wildman–Crippen LogP) is 1.76. The molecular formula is C10H9F4NO3. The SMILES string of the molecule is Cc1cc(=O)c(C(=O)O)cn1CC(F)(F)C(F)F. The van der Waals surface area contributed by atoms with Crippen LogP contribution in [0.25, 0.3) is 0 Å². The van der Waals surface area contributed by atoms with Crippen molar-refractivity contribution in [3.05, 3.63) is 33.7 Å². The van der Waals surface area contributed by atoms with Gasteiger partial charge in [0, 0.05) is 18.0 Å². The molecule has 0 fully saturated rings. The van der Waals surface area contributed by atoms with E-state index in [2.05, 4.69) is 0 Å². The summed E-state index contributed by atoms with van der Waals surface area (Å²) in [5.41, 5.74) is -1.63. The smallest absolute Gasteiger partial charge is 0.341 e. The monoisotopic (exact) mass is 267 g/mol. The highest BCUT2D eigenvalue weighted by Crippen LogP contribution is 2.25. The quantitative estimate of drug-likeness (QED) is 0.845. The van der Waals surface area contributed by atoms with Gasteiger partial charge >= 0.3 is 18.3 Å². The molecule has 0 unspecified atom stereocenters. The van der Waals surface area contributed by atoms with Crippen molar-refractivity contribution in [2.24, 2.45) is 0 Å². The second-order valence-electron chi connectivity index (χ2n) is 3.69. The Morgan fingerprint density at radius 2 is 2.06 bits per heavy atom. The molecule has 0 aliphatic rings. The lowest BCUT2D eigenvalue weighted by Crippen LogP contribution is -2.33. The lowest BCUT2D eigenvalue weighted by Gasteiger charge is -2.19. The zero-order valence-electron chi connectivity index (χ0n) is 9.16. The first-order valence-electron chi connectivity index (χ1n) is 4.75. The molecule has 0 amide bonds. The Bertz CT molecular complexity index is 524. The number of carboxylic acid groups (broad SMARTS) is 1. The van der Waals surface area contributed by atoms with Crippen LogP contribution in [0.2, 0.25) is 0 Å². The molecule has 0 atom stereocenters. The molecule has 1 aromatic heterocycles. The van der Waals surface area contributed by atoms with Gasteiger partial charge in [0.25, 0.3) is 0 Å². The van der Waals surface area contributed by atoms with E-state index in [0.717, 1.165) is 6.07 Å². The van der Waals surface area contributed by atoms with Crippen LogP contribution >= 0.6 is 0 Å². The van der Waals surface area contributed by atoms with Gasteiger partial charge in [0.1, 0.15) is 5.56 Å². The summed E-state index contributed by atoms with van der Waals surface area (Å²) in [5.74, 6) is -5.90. The standard InChI is InChI=1S/C10H9F4NO3/c1-5-2-7(16)6(8(17)18)3-15(5)4-10(13,14)9(11)12/h2-3,9H,4H2,1H3,(H,17,18). The van der Waals surface area contributed by atoms with E-state index in [4.69, 9.17) is 5.11 Å². The maximum absolute atomic E-state index is 12.8. The van der Waals surface area contributed by atoms with Gasteiger partial charge in [-0.1, -0.05) is 0 Å². The Kier molecular flexibility index (Phi) is 3.78. The fraction of sp³-hybridized carbons (Fsp3) is 0.400. The molecule has 18 heavy (non-hydrogen) atoms. The second kappa shape index (κ2) is 4.79. The minimum atomic E-state index is -4.30. The van der Waals surface area contributed by atoms with Crippen molar-refractivity contribution in [3.8, 4) is 0 Å². The topological polar surface area (TPSA) is 59.3 Å². The molecule has 1 rings (SSSR count). The van der Waals surface area contributed by atoms with Gasteiger partial charge in [-0.05, 0) is 6.92 Å². The molecule has 0 radical (unpaired) electrons. The highest BCUT2D eigenvalue weighted by atomic mass is 19.3. The van der Waals surface area contributed by atoms with E-state index in [1.54, 1.807) is 0 Å². The molecule has 0 spiro atoms. The third-order valence-electron chi connectivity index (χ3n) is 2.27. The number of aryl methyl sites for hydroxylation is 1. The van der Waals surface area contributed by atoms with Crippen LogP contribution in [0.15, 0.2) is 17.1 Å². The molecular weight excluding hydrogens is 258 g/mol. The molecule has 1 aromatic rings. The summed E-state index contributed by atoms with van der Waals surface area (Å²) in [5, 5.41) is 8.64. The maximum Gasteiger partial charge on any atom is 0.341 e. The Hall–Kier alpha value is -1.86. The molecule has 8 heteroatoms. The van der Waals surface area contributed by atoms with Gasteiger partial charge in [0.15, 0.2) is 5.43 Å². The van der Waals surface area contributed by atoms with E-state index >= 15 is 0 Å². The van der Waals surface area contributed by atoms with Gasteiger partial charge in [-0.3, -0.25) is 4.79 Å². The number of pyridine rings is 1. The summed E-state index contributed by atoms with van der Waals surface area (Å²) >= 11 is 0. The molecule has 1 heterocycles. The molecule has 0 saturated heterocycles. The number of aromatic nitrogens is 1. The summed E-state index contributed by atoms with van der Waals surface area (Å²) in [6.45, 7) is -0.147. The number of hydrogen-bond acceptors (Lipinski definition) is 2. The highest BCUT2D eigenvalue weighted by molar-refractivity contribution is 5.87. The van der Waals surface area contributed by atoms with Crippen molar-refractivity contribution in [1.82, 2.24) is 4.57 Å². The van der Waals surface area contributed by atoms with E-state index in [-0.39, 0.29) is 5.69 Å². The molecule has 1 N–H and O–H groups in total. The molecule has 0 aromatic carbocycles. The molecule has 0 bridgehead atoms. The number of alkyl halides is 4. The molecule has 0 saturated carbocycles. The minimum Gasteiger partial charge on any atom is -0.477 e. The molecule has 100 valence electrons. The van der Waals surface area contributed by atoms with Crippen molar-refractivity contribution < 1.29 is 27.5 Å². The van der Waals surface area contributed by atoms with Crippen LogP contribution in [-0.2, 0) is 6.54 Å². The van der Waals surface area contributed by atoms with E-state index in [1.165, 1.54) is 6.92 Å². The first-order chi connectivity index (χ1) is 8.15. The normalized spacial score (nSPS) is 11.9.